The van der Waals surface area contributed by atoms with Gasteiger partial charge in [0.2, 0.25) is 0 Å². The molecule has 1 unspecified atom stereocenters. The van der Waals surface area contributed by atoms with Crippen molar-refractivity contribution in [1.82, 2.24) is 9.97 Å². The van der Waals surface area contributed by atoms with Gasteiger partial charge < -0.3 is 5.32 Å². The highest BCUT2D eigenvalue weighted by atomic mass is 15.0. The summed E-state index contributed by atoms with van der Waals surface area (Å²) < 4.78 is 0. The lowest BCUT2D eigenvalue weighted by Gasteiger charge is -2.15. The van der Waals surface area contributed by atoms with Crippen molar-refractivity contribution in [3.63, 3.8) is 0 Å². The van der Waals surface area contributed by atoms with Crippen molar-refractivity contribution >= 4 is 5.82 Å². The molecule has 0 aliphatic rings. The molecule has 0 aliphatic heterocycles. The van der Waals surface area contributed by atoms with Crippen LogP contribution in [0.25, 0.3) is 0 Å². The van der Waals surface area contributed by atoms with Crippen molar-refractivity contribution in [2.45, 2.75) is 19.9 Å². The van der Waals surface area contributed by atoms with Crippen LogP contribution in [0.15, 0.2) is 36.5 Å². The Labute approximate surface area is 106 Å². The monoisotopic (exact) mass is 238 g/mol. The average Bonchev–Trinajstić information content (AvgIpc) is 2.39. The standard InChI is InChI=1S/C14H14N4/c1-10(13-5-3-12(9-15)4-6-13)17-14-7-8-16-11(2)18-14/h3-8,10H,1-2H3,(H,16,17,18). The first kappa shape index (κ1) is 12.1. The van der Waals surface area contributed by atoms with Gasteiger partial charge in [-0.05, 0) is 37.6 Å². The van der Waals surface area contributed by atoms with E-state index in [9.17, 15) is 0 Å². The quantitative estimate of drug-likeness (QED) is 0.893. The summed E-state index contributed by atoms with van der Waals surface area (Å²) in [5.41, 5.74) is 1.79. The van der Waals surface area contributed by atoms with E-state index in [2.05, 4.69) is 28.3 Å². The third-order valence-electron chi connectivity index (χ3n) is 2.68. The molecule has 0 amide bonds. The number of benzene rings is 1. The minimum Gasteiger partial charge on any atom is -0.363 e. The summed E-state index contributed by atoms with van der Waals surface area (Å²) in [4.78, 5) is 8.35. The normalized spacial score (nSPS) is 11.6. The average molecular weight is 238 g/mol. The molecule has 1 aromatic carbocycles. The Kier molecular flexibility index (Phi) is 3.54. The van der Waals surface area contributed by atoms with Crippen LogP contribution in [0.3, 0.4) is 0 Å². The number of nitriles is 1. The maximum Gasteiger partial charge on any atom is 0.130 e. The molecule has 1 aromatic heterocycles. The van der Waals surface area contributed by atoms with Gasteiger partial charge in [0.05, 0.1) is 11.6 Å². The minimum atomic E-state index is 0.132. The maximum absolute atomic E-state index is 8.75. The maximum atomic E-state index is 8.75. The highest BCUT2D eigenvalue weighted by Crippen LogP contribution is 2.17. The van der Waals surface area contributed by atoms with E-state index < -0.39 is 0 Å². The number of aryl methyl sites for hydroxylation is 1. The fraction of sp³-hybridized carbons (Fsp3) is 0.214. The van der Waals surface area contributed by atoms with Gasteiger partial charge in [-0.25, -0.2) is 9.97 Å². The summed E-state index contributed by atoms with van der Waals surface area (Å²) in [5.74, 6) is 1.55. The molecule has 4 nitrogen and oxygen atoms in total. The number of rotatable bonds is 3. The summed E-state index contributed by atoms with van der Waals surface area (Å²) in [6.07, 6.45) is 1.73. The number of hydrogen-bond acceptors (Lipinski definition) is 4. The van der Waals surface area contributed by atoms with Crippen molar-refractivity contribution in [3.05, 3.63) is 53.5 Å². The van der Waals surface area contributed by atoms with Gasteiger partial charge in [0.25, 0.3) is 0 Å². The number of hydrogen-bond donors (Lipinski definition) is 1. The Balaban J connectivity index is 2.12. The summed E-state index contributed by atoms with van der Waals surface area (Å²) in [6.45, 7) is 3.91. The number of anilines is 1. The Morgan fingerprint density at radius 3 is 2.56 bits per heavy atom. The first-order valence-electron chi connectivity index (χ1n) is 5.75. The van der Waals surface area contributed by atoms with E-state index in [0.717, 1.165) is 17.2 Å². The molecule has 4 heteroatoms. The molecule has 0 spiro atoms. The van der Waals surface area contributed by atoms with Gasteiger partial charge in [0.1, 0.15) is 11.6 Å². The zero-order valence-corrected chi connectivity index (χ0v) is 10.4. The van der Waals surface area contributed by atoms with E-state index in [0.29, 0.717) is 5.56 Å². The highest BCUT2D eigenvalue weighted by molar-refractivity contribution is 5.39. The third-order valence-corrected chi connectivity index (χ3v) is 2.68. The molecule has 2 aromatic rings. The Morgan fingerprint density at radius 1 is 1.22 bits per heavy atom. The second kappa shape index (κ2) is 5.28. The van der Waals surface area contributed by atoms with Gasteiger partial charge in [-0.3, -0.25) is 0 Å². The molecular formula is C14H14N4. The first-order valence-corrected chi connectivity index (χ1v) is 5.75. The Bertz CT molecular complexity index is 569. The lowest BCUT2D eigenvalue weighted by molar-refractivity contribution is 0.867. The predicted octanol–water partition coefficient (Wildman–Crippen LogP) is 2.83. The molecule has 1 N–H and O–H groups in total. The molecule has 0 fully saturated rings. The van der Waals surface area contributed by atoms with Crippen molar-refractivity contribution in [2.24, 2.45) is 0 Å². The lowest BCUT2D eigenvalue weighted by Crippen LogP contribution is -2.08. The van der Waals surface area contributed by atoms with Crippen LogP contribution in [0.4, 0.5) is 5.82 Å². The molecular weight excluding hydrogens is 224 g/mol. The van der Waals surface area contributed by atoms with Gasteiger partial charge in [-0.2, -0.15) is 5.26 Å². The van der Waals surface area contributed by atoms with Crippen LogP contribution < -0.4 is 5.32 Å². The van der Waals surface area contributed by atoms with E-state index in [1.54, 1.807) is 6.20 Å². The lowest BCUT2D eigenvalue weighted by atomic mass is 10.1. The summed E-state index contributed by atoms with van der Waals surface area (Å²) in [5, 5.41) is 12.1. The van der Waals surface area contributed by atoms with Crippen molar-refractivity contribution in [2.75, 3.05) is 5.32 Å². The van der Waals surface area contributed by atoms with Crippen molar-refractivity contribution in [3.8, 4) is 6.07 Å². The third kappa shape index (κ3) is 2.83. The molecule has 1 atom stereocenters. The van der Waals surface area contributed by atoms with Crippen LogP contribution in [0.1, 0.15) is 29.9 Å². The molecule has 18 heavy (non-hydrogen) atoms. The summed E-state index contributed by atoms with van der Waals surface area (Å²) >= 11 is 0. The smallest absolute Gasteiger partial charge is 0.130 e. The van der Waals surface area contributed by atoms with E-state index in [4.69, 9.17) is 5.26 Å². The zero-order chi connectivity index (χ0) is 13.0. The summed E-state index contributed by atoms with van der Waals surface area (Å²) in [7, 11) is 0. The largest absolute Gasteiger partial charge is 0.363 e. The van der Waals surface area contributed by atoms with Crippen LogP contribution >= 0.6 is 0 Å². The van der Waals surface area contributed by atoms with Gasteiger partial charge >= 0.3 is 0 Å². The van der Waals surface area contributed by atoms with E-state index in [-0.39, 0.29) is 6.04 Å². The van der Waals surface area contributed by atoms with E-state index in [1.165, 1.54) is 0 Å². The fourth-order valence-corrected chi connectivity index (χ4v) is 1.69. The van der Waals surface area contributed by atoms with Gasteiger partial charge in [0.15, 0.2) is 0 Å². The fourth-order valence-electron chi connectivity index (χ4n) is 1.69. The molecule has 0 saturated carbocycles. The van der Waals surface area contributed by atoms with E-state index >= 15 is 0 Å². The second-order valence-corrected chi connectivity index (χ2v) is 4.09. The topological polar surface area (TPSA) is 61.6 Å². The molecule has 0 bridgehead atoms. The van der Waals surface area contributed by atoms with Crippen molar-refractivity contribution < 1.29 is 0 Å². The first-order chi connectivity index (χ1) is 8.69. The molecule has 1 heterocycles. The predicted molar refractivity (Wildman–Crippen MR) is 70.0 cm³/mol. The zero-order valence-electron chi connectivity index (χ0n) is 10.4. The second-order valence-electron chi connectivity index (χ2n) is 4.09. The van der Waals surface area contributed by atoms with Crippen molar-refractivity contribution in [1.29, 1.82) is 5.26 Å². The molecule has 0 aliphatic carbocycles. The Morgan fingerprint density at radius 2 is 1.94 bits per heavy atom. The molecule has 0 saturated heterocycles. The summed E-state index contributed by atoms with van der Waals surface area (Å²) in [6, 6.07) is 11.6. The minimum absolute atomic E-state index is 0.132. The van der Waals surface area contributed by atoms with Crippen LogP contribution in [0.2, 0.25) is 0 Å². The van der Waals surface area contributed by atoms with Crippen LogP contribution in [-0.2, 0) is 0 Å². The number of nitrogens with one attached hydrogen (secondary N) is 1. The molecule has 90 valence electrons. The number of aromatic nitrogens is 2. The van der Waals surface area contributed by atoms with Gasteiger partial charge in [-0.1, -0.05) is 12.1 Å². The number of nitrogens with zero attached hydrogens (tertiary/aromatic N) is 3. The van der Waals surface area contributed by atoms with E-state index in [1.807, 2.05) is 37.3 Å². The van der Waals surface area contributed by atoms with Crippen LogP contribution in [0.5, 0.6) is 0 Å². The van der Waals surface area contributed by atoms with Crippen LogP contribution in [0, 0.1) is 18.3 Å². The van der Waals surface area contributed by atoms with Gasteiger partial charge in [0, 0.05) is 12.2 Å². The van der Waals surface area contributed by atoms with Gasteiger partial charge in [-0.15, -0.1) is 0 Å². The molecule has 2 rings (SSSR count). The SMILES string of the molecule is Cc1nccc(NC(C)c2ccc(C#N)cc2)n1. The molecule has 0 radical (unpaired) electrons. The van der Waals surface area contributed by atoms with Crippen LogP contribution in [-0.4, -0.2) is 9.97 Å². The Hall–Kier alpha value is -2.41. The highest BCUT2D eigenvalue weighted by Gasteiger charge is 2.06.